The molecule has 0 aromatic rings. The molecule has 0 aliphatic heterocycles. The lowest BCUT2D eigenvalue weighted by Gasteiger charge is -2.13. The molecule has 0 spiro atoms. The minimum absolute atomic E-state index is 0.942. The van der Waals surface area contributed by atoms with Crippen molar-refractivity contribution in [2.45, 2.75) is 13.8 Å². The van der Waals surface area contributed by atoms with Crippen molar-refractivity contribution >= 4 is 20.1 Å². The van der Waals surface area contributed by atoms with Crippen LogP contribution in [0.1, 0.15) is 13.8 Å². The Bertz CT molecular complexity index is 51.3. The van der Waals surface area contributed by atoms with Crippen LogP contribution in [0.15, 0.2) is 0 Å². The van der Waals surface area contributed by atoms with Crippen molar-refractivity contribution < 1.29 is 4.28 Å². The number of hydrogen-bond acceptors (Lipinski definition) is 3. The maximum Gasteiger partial charge on any atom is 0.0352 e. The molecule has 0 aromatic heterocycles. The third-order valence-electron chi connectivity index (χ3n) is 0.854. The lowest BCUT2D eigenvalue weighted by Crippen LogP contribution is -2.19. The van der Waals surface area contributed by atoms with Crippen LogP contribution in [0.4, 0.5) is 0 Å². The second kappa shape index (κ2) is 5.83. The van der Waals surface area contributed by atoms with Crippen molar-refractivity contribution in [1.82, 2.24) is 5.06 Å². The summed E-state index contributed by atoms with van der Waals surface area (Å²) in [6.45, 7) is 6.00. The summed E-state index contributed by atoms with van der Waals surface area (Å²) in [6, 6.07) is 0. The summed E-state index contributed by atoms with van der Waals surface area (Å²) in [7, 11) is 2.43. The molecular formula is C4H12NOPS. The molecule has 1 unspecified atom stereocenters. The van der Waals surface area contributed by atoms with Gasteiger partial charge in [0.1, 0.15) is 0 Å². The Labute approximate surface area is 57.1 Å². The molecule has 0 aromatic carbocycles. The molecule has 0 radical (unpaired) electrons. The van der Waals surface area contributed by atoms with Crippen LogP contribution in [-0.4, -0.2) is 18.2 Å². The lowest BCUT2D eigenvalue weighted by atomic mass is 10.6. The van der Waals surface area contributed by atoms with Crippen LogP contribution < -0.4 is 0 Å². The van der Waals surface area contributed by atoms with E-state index in [0.717, 1.165) is 13.1 Å². The van der Waals surface area contributed by atoms with Gasteiger partial charge in [-0.25, -0.2) is 4.28 Å². The summed E-state index contributed by atoms with van der Waals surface area (Å²) >= 11 is 1.30. The average Bonchev–Trinajstić information content (AvgIpc) is 1.83. The highest BCUT2D eigenvalue weighted by Crippen LogP contribution is 2.13. The summed E-state index contributed by atoms with van der Waals surface area (Å²) in [6.07, 6.45) is 0. The van der Waals surface area contributed by atoms with Gasteiger partial charge in [0.05, 0.1) is 0 Å². The summed E-state index contributed by atoms with van der Waals surface area (Å²) < 4.78 is 5.05. The predicted octanol–water partition coefficient (Wildman–Crippen LogP) is 1.70. The smallest absolute Gasteiger partial charge is 0.0352 e. The molecule has 0 fully saturated rings. The maximum absolute atomic E-state index is 5.05. The van der Waals surface area contributed by atoms with Crippen LogP contribution in [0.25, 0.3) is 0 Å². The summed E-state index contributed by atoms with van der Waals surface area (Å²) in [5.41, 5.74) is 0. The van der Waals surface area contributed by atoms with Crippen LogP contribution in [0.3, 0.4) is 0 Å². The van der Waals surface area contributed by atoms with Gasteiger partial charge in [0, 0.05) is 24.8 Å². The molecule has 8 heavy (non-hydrogen) atoms. The van der Waals surface area contributed by atoms with E-state index in [1.54, 1.807) is 0 Å². The van der Waals surface area contributed by atoms with E-state index in [1.807, 2.05) is 5.06 Å². The molecule has 0 amide bonds. The lowest BCUT2D eigenvalue weighted by molar-refractivity contribution is -0.0242. The summed E-state index contributed by atoms with van der Waals surface area (Å²) in [4.78, 5) is 0. The summed E-state index contributed by atoms with van der Waals surface area (Å²) in [5, 5.41) is 1.87. The molecule has 0 saturated heterocycles. The van der Waals surface area contributed by atoms with Crippen molar-refractivity contribution in [3.8, 4) is 0 Å². The van der Waals surface area contributed by atoms with E-state index in [9.17, 15) is 0 Å². The molecule has 4 heteroatoms. The molecule has 2 nitrogen and oxygen atoms in total. The fraction of sp³-hybridized carbons (Fsp3) is 1.00. The number of nitrogens with zero attached hydrogens (tertiary/aromatic N) is 1. The van der Waals surface area contributed by atoms with Gasteiger partial charge < -0.3 is 0 Å². The molecule has 50 valence electrons. The van der Waals surface area contributed by atoms with Crippen molar-refractivity contribution in [2.24, 2.45) is 0 Å². The van der Waals surface area contributed by atoms with Crippen molar-refractivity contribution in [1.29, 1.82) is 0 Å². The molecule has 0 aliphatic carbocycles. The van der Waals surface area contributed by atoms with Gasteiger partial charge in [0.25, 0.3) is 0 Å². The van der Waals surface area contributed by atoms with Crippen molar-refractivity contribution in [2.75, 3.05) is 13.1 Å². The van der Waals surface area contributed by atoms with Crippen LogP contribution in [-0.2, 0) is 4.28 Å². The topological polar surface area (TPSA) is 12.5 Å². The monoisotopic (exact) mass is 153 g/mol. The van der Waals surface area contributed by atoms with E-state index in [2.05, 4.69) is 22.3 Å². The SMILES string of the molecule is CCN(CC)OSP. The first-order valence-corrected chi connectivity index (χ1v) is 4.85. The van der Waals surface area contributed by atoms with Crippen LogP contribution in [0, 0.1) is 0 Å². The Hall–Kier alpha value is 0.700. The van der Waals surface area contributed by atoms with Gasteiger partial charge >= 0.3 is 0 Å². The molecule has 0 saturated carbocycles. The molecular weight excluding hydrogens is 141 g/mol. The van der Waals surface area contributed by atoms with E-state index in [-0.39, 0.29) is 0 Å². The second-order valence-electron chi connectivity index (χ2n) is 1.29. The predicted molar refractivity (Wildman–Crippen MR) is 41.3 cm³/mol. The third-order valence-corrected chi connectivity index (χ3v) is 1.41. The van der Waals surface area contributed by atoms with Gasteiger partial charge in [0.15, 0.2) is 0 Å². The fourth-order valence-corrected chi connectivity index (χ4v) is 1.09. The quantitative estimate of drug-likeness (QED) is 0.346. The van der Waals surface area contributed by atoms with Gasteiger partial charge in [-0.1, -0.05) is 13.8 Å². The third kappa shape index (κ3) is 3.67. The van der Waals surface area contributed by atoms with E-state index >= 15 is 0 Å². The highest BCUT2D eigenvalue weighted by Gasteiger charge is 1.94. The van der Waals surface area contributed by atoms with Crippen LogP contribution in [0.5, 0.6) is 0 Å². The largest absolute Gasteiger partial charge is 0.225 e. The number of rotatable bonds is 4. The molecule has 1 atom stereocenters. The Morgan fingerprint density at radius 1 is 1.50 bits per heavy atom. The first-order valence-electron chi connectivity index (χ1n) is 2.63. The van der Waals surface area contributed by atoms with E-state index in [4.69, 9.17) is 4.28 Å². The molecule has 0 N–H and O–H groups in total. The normalized spacial score (nSPS) is 10.5. The second-order valence-corrected chi connectivity index (χ2v) is 2.20. The first-order chi connectivity index (χ1) is 3.85. The molecule has 0 rings (SSSR count). The minimum atomic E-state index is 0.942. The maximum atomic E-state index is 5.05. The Morgan fingerprint density at radius 3 is 2.12 bits per heavy atom. The standard InChI is InChI=1S/C4H12NOPS/c1-3-5(4-2)6-8-7/h3-4,7H2,1-2H3. The van der Waals surface area contributed by atoms with Gasteiger partial charge in [-0.2, -0.15) is 5.06 Å². The van der Waals surface area contributed by atoms with Crippen molar-refractivity contribution in [3.05, 3.63) is 0 Å². The van der Waals surface area contributed by atoms with Crippen LogP contribution in [0.2, 0.25) is 0 Å². The van der Waals surface area contributed by atoms with Crippen molar-refractivity contribution in [3.63, 3.8) is 0 Å². The fourth-order valence-electron chi connectivity index (χ4n) is 0.390. The highest BCUT2D eigenvalue weighted by atomic mass is 32.7. The highest BCUT2D eigenvalue weighted by molar-refractivity contribution is 8.40. The number of hydrogen-bond donors (Lipinski definition) is 0. The zero-order valence-corrected chi connectivity index (χ0v) is 7.23. The number of hydroxylamine groups is 2. The first kappa shape index (κ1) is 8.70. The zero-order valence-electron chi connectivity index (χ0n) is 5.26. The molecule has 0 bridgehead atoms. The Balaban J connectivity index is 3.07. The zero-order chi connectivity index (χ0) is 6.41. The Morgan fingerprint density at radius 2 is 2.00 bits per heavy atom. The van der Waals surface area contributed by atoms with E-state index in [0.29, 0.717) is 0 Å². The summed E-state index contributed by atoms with van der Waals surface area (Å²) in [5.74, 6) is 0. The van der Waals surface area contributed by atoms with E-state index < -0.39 is 0 Å². The molecule has 0 heterocycles. The van der Waals surface area contributed by atoms with Crippen LogP contribution >= 0.6 is 20.1 Å². The van der Waals surface area contributed by atoms with E-state index in [1.165, 1.54) is 11.7 Å². The van der Waals surface area contributed by atoms with Gasteiger partial charge in [-0.05, 0) is 8.44 Å². The minimum Gasteiger partial charge on any atom is -0.225 e. The molecule has 0 aliphatic rings. The Kier molecular flexibility index (Phi) is 6.34. The van der Waals surface area contributed by atoms with Gasteiger partial charge in [0.2, 0.25) is 0 Å². The van der Waals surface area contributed by atoms with Gasteiger partial charge in [-0.15, -0.1) is 0 Å². The average molecular weight is 153 g/mol. The van der Waals surface area contributed by atoms with Gasteiger partial charge in [-0.3, -0.25) is 0 Å².